The second-order valence-corrected chi connectivity index (χ2v) is 3.57. The van der Waals surface area contributed by atoms with E-state index in [1.807, 2.05) is 0 Å². The second kappa shape index (κ2) is 5.19. The van der Waals surface area contributed by atoms with Crippen molar-refractivity contribution in [2.75, 3.05) is 33.4 Å². The van der Waals surface area contributed by atoms with Gasteiger partial charge in [-0.2, -0.15) is 0 Å². The van der Waals surface area contributed by atoms with E-state index in [2.05, 4.69) is 4.90 Å². The Kier molecular flexibility index (Phi) is 4.18. The lowest BCUT2D eigenvalue weighted by Gasteiger charge is -2.38. The largest absolute Gasteiger partial charge is 0.481 e. The standard InChI is InChI=1S/C9H17NO3/c1-13-4-2-3-10-6-8(7-10)5-9(11)12/h8H,2-7H2,1H3,(H,11,12). The number of rotatable bonds is 6. The van der Waals surface area contributed by atoms with Crippen molar-refractivity contribution in [3.63, 3.8) is 0 Å². The summed E-state index contributed by atoms with van der Waals surface area (Å²) in [4.78, 5) is 12.6. The topological polar surface area (TPSA) is 49.8 Å². The molecule has 1 rings (SSSR count). The molecule has 0 aromatic heterocycles. The lowest BCUT2D eigenvalue weighted by molar-refractivity contribution is -0.139. The van der Waals surface area contributed by atoms with Crippen LogP contribution in [0.25, 0.3) is 0 Å². The molecule has 0 unspecified atom stereocenters. The van der Waals surface area contributed by atoms with Crippen molar-refractivity contribution in [1.82, 2.24) is 4.90 Å². The zero-order valence-electron chi connectivity index (χ0n) is 8.03. The number of hydrogen-bond donors (Lipinski definition) is 1. The molecule has 4 heteroatoms. The summed E-state index contributed by atoms with van der Waals surface area (Å²) in [5.74, 6) is -0.304. The summed E-state index contributed by atoms with van der Waals surface area (Å²) in [7, 11) is 1.70. The normalized spacial score (nSPS) is 18.5. The second-order valence-electron chi connectivity index (χ2n) is 3.57. The summed E-state index contributed by atoms with van der Waals surface area (Å²) in [6.45, 7) is 3.70. The quantitative estimate of drug-likeness (QED) is 0.613. The van der Waals surface area contributed by atoms with E-state index in [1.165, 1.54) is 0 Å². The predicted molar refractivity (Wildman–Crippen MR) is 48.7 cm³/mol. The Labute approximate surface area is 78.5 Å². The lowest BCUT2D eigenvalue weighted by Crippen LogP contribution is -2.47. The van der Waals surface area contributed by atoms with E-state index in [9.17, 15) is 4.79 Å². The molecule has 1 aliphatic heterocycles. The first kappa shape index (κ1) is 10.5. The number of carbonyl (C=O) groups is 1. The first-order valence-corrected chi connectivity index (χ1v) is 4.65. The monoisotopic (exact) mass is 187 g/mol. The Hall–Kier alpha value is -0.610. The number of nitrogens with zero attached hydrogens (tertiary/aromatic N) is 1. The SMILES string of the molecule is COCCCN1CC(CC(=O)O)C1. The van der Waals surface area contributed by atoms with Gasteiger partial charge >= 0.3 is 5.97 Å². The van der Waals surface area contributed by atoms with E-state index in [0.717, 1.165) is 32.7 Å². The number of methoxy groups -OCH3 is 1. The van der Waals surface area contributed by atoms with Crippen LogP contribution in [-0.4, -0.2) is 49.3 Å². The first-order chi connectivity index (χ1) is 6.22. The molecule has 0 saturated carbocycles. The molecule has 0 aromatic rings. The molecule has 4 nitrogen and oxygen atoms in total. The van der Waals surface area contributed by atoms with Gasteiger partial charge in [0.05, 0.1) is 6.42 Å². The molecule has 0 amide bonds. The fraction of sp³-hybridized carbons (Fsp3) is 0.889. The van der Waals surface area contributed by atoms with Gasteiger partial charge in [-0.1, -0.05) is 0 Å². The van der Waals surface area contributed by atoms with Crippen molar-refractivity contribution in [3.05, 3.63) is 0 Å². The molecule has 1 aliphatic rings. The van der Waals surface area contributed by atoms with Gasteiger partial charge in [-0.05, 0) is 12.3 Å². The van der Waals surface area contributed by atoms with E-state index < -0.39 is 5.97 Å². The molecule has 0 atom stereocenters. The van der Waals surface area contributed by atoms with Crippen LogP contribution in [0.1, 0.15) is 12.8 Å². The number of aliphatic carboxylic acids is 1. The van der Waals surface area contributed by atoms with Gasteiger partial charge in [-0.25, -0.2) is 0 Å². The van der Waals surface area contributed by atoms with Crippen LogP contribution >= 0.6 is 0 Å². The van der Waals surface area contributed by atoms with Crippen LogP contribution in [0.4, 0.5) is 0 Å². The van der Waals surface area contributed by atoms with Crippen molar-refractivity contribution in [2.45, 2.75) is 12.8 Å². The van der Waals surface area contributed by atoms with Crippen molar-refractivity contribution < 1.29 is 14.6 Å². The first-order valence-electron chi connectivity index (χ1n) is 4.65. The molecular formula is C9H17NO3. The van der Waals surface area contributed by atoms with Gasteiger partial charge < -0.3 is 14.7 Å². The van der Waals surface area contributed by atoms with Gasteiger partial charge in [0.25, 0.3) is 0 Å². The molecular weight excluding hydrogens is 170 g/mol. The Morgan fingerprint density at radius 2 is 2.31 bits per heavy atom. The summed E-state index contributed by atoms with van der Waals surface area (Å²) in [5, 5.41) is 8.51. The third-order valence-corrected chi connectivity index (χ3v) is 2.32. The number of carboxylic acid groups (broad SMARTS) is 1. The maximum atomic E-state index is 10.3. The smallest absolute Gasteiger partial charge is 0.303 e. The highest BCUT2D eigenvalue weighted by Crippen LogP contribution is 2.18. The fourth-order valence-electron chi connectivity index (χ4n) is 1.67. The molecule has 0 spiro atoms. The van der Waals surface area contributed by atoms with Crippen molar-refractivity contribution in [1.29, 1.82) is 0 Å². The summed E-state index contributed by atoms with van der Waals surface area (Å²) in [6.07, 6.45) is 1.36. The summed E-state index contributed by atoms with van der Waals surface area (Å²) >= 11 is 0. The lowest BCUT2D eigenvalue weighted by atomic mass is 9.96. The van der Waals surface area contributed by atoms with Crippen LogP contribution in [0.3, 0.4) is 0 Å². The maximum absolute atomic E-state index is 10.3. The summed E-state index contributed by atoms with van der Waals surface area (Å²) in [6, 6.07) is 0. The van der Waals surface area contributed by atoms with E-state index >= 15 is 0 Å². The number of hydrogen-bond acceptors (Lipinski definition) is 3. The van der Waals surface area contributed by atoms with Crippen molar-refractivity contribution >= 4 is 5.97 Å². The van der Waals surface area contributed by atoms with E-state index in [4.69, 9.17) is 9.84 Å². The fourth-order valence-corrected chi connectivity index (χ4v) is 1.67. The Balaban J connectivity index is 1.95. The predicted octanol–water partition coefficient (Wildman–Crippen LogP) is 0.429. The third kappa shape index (κ3) is 3.74. The molecule has 0 radical (unpaired) electrons. The van der Waals surface area contributed by atoms with Gasteiger partial charge in [-0.15, -0.1) is 0 Å². The van der Waals surface area contributed by atoms with Crippen LogP contribution in [-0.2, 0) is 9.53 Å². The minimum atomic E-state index is -0.679. The molecule has 0 aromatic carbocycles. The average Bonchev–Trinajstić information content (AvgIpc) is 1.99. The molecule has 1 N–H and O–H groups in total. The molecule has 1 heterocycles. The van der Waals surface area contributed by atoms with Crippen LogP contribution in [0.2, 0.25) is 0 Å². The minimum absolute atomic E-state index is 0.320. The molecule has 1 fully saturated rings. The number of carboxylic acids is 1. The molecule has 0 bridgehead atoms. The van der Waals surface area contributed by atoms with Crippen LogP contribution in [0.5, 0.6) is 0 Å². The molecule has 13 heavy (non-hydrogen) atoms. The van der Waals surface area contributed by atoms with Gasteiger partial charge in [0.15, 0.2) is 0 Å². The highest BCUT2D eigenvalue weighted by molar-refractivity contribution is 5.67. The van der Waals surface area contributed by atoms with E-state index in [-0.39, 0.29) is 0 Å². The highest BCUT2D eigenvalue weighted by Gasteiger charge is 2.27. The van der Waals surface area contributed by atoms with Crippen LogP contribution in [0.15, 0.2) is 0 Å². The van der Waals surface area contributed by atoms with E-state index in [1.54, 1.807) is 7.11 Å². The zero-order valence-corrected chi connectivity index (χ0v) is 8.03. The Morgan fingerprint density at radius 1 is 1.62 bits per heavy atom. The average molecular weight is 187 g/mol. The van der Waals surface area contributed by atoms with Gasteiger partial charge in [-0.3, -0.25) is 4.79 Å². The summed E-state index contributed by atoms with van der Waals surface area (Å²) < 4.78 is 4.93. The Bertz CT molecular complexity index is 166. The van der Waals surface area contributed by atoms with E-state index in [0.29, 0.717) is 12.3 Å². The molecule has 1 saturated heterocycles. The highest BCUT2D eigenvalue weighted by atomic mass is 16.5. The number of ether oxygens (including phenoxy) is 1. The zero-order chi connectivity index (χ0) is 9.68. The van der Waals surface area contributed by atoms with Crippen LogP contribution in [0, 0.1) is 5.92 Å². The molecule has 76 valence electrons. The maximum Gasteiger partial charge on any atom is 0.303 e. The van der Waals surface area contributed by atoms with Crippen molar-refractivity contribution in [3.8, 4) is 0 Å². The summed E-state index contributed by atoms with van der Waals surface area (Å²) in [5.41, 5.74) is 0. The van der Waals surface area contributed by atoms with Crippen LogP contribution < -0.4 is 0 Å². The minimum Gasteiger partial charge on any atom is -0.481 e. The van der Waals surface area contributed by atoms with Gasteiger partial charge in [0, 0.05) is 33.4 Å². The van der Waals surface area contributed by atoms with Gasteiger partial charge in [0.2, 0.25) is 0 Å². The Morgan fingerprint density at radius 3 is 2.85 bits per heavy atom. The van der Waals surface area contributed by atoms with Crippen molar-refractivity contribution in [2.24, 2.45) is 5.92 Å². The third-order valence-electron chi connectivity index (χ3n) is 2.32. The van der Waals surface area contributed by atoms with Gasteiger partial charge in [0.1, 0.15) is 0 Å². The number of likely N-dealkylation sites (tertiary alicyclic amines) is 1. The molecule has 0 aliphatic carbocycles.